The van der Waals surface area contributed by atoms with Crippen molar-refractivity contribution in [2.45, 2.75) is 6.61 Å². The van der Waals surface area contributed by atoms with Crippen molar-refractivity contribution in [1.29, 1.82) is 0 Å². The molecule has 1 N–H and O–H groups in total. The summed E-state index contributed by atoms with van der Waals surface area (Å²) in [7, 11) is 0. The van der Waals surface area contributed by atoms with Gasteiger partial charge in [0.05, 0.1) is 10.0 Å². The average molecular weight is 354 g/mol. The van der Waals surface area contributed by atoms with Gasteiger partial charge in [-0.3, -0.25) is 0 Å². The van der Waals surface area contributed by atoms with Crippen LogP contribution in [0.1, 0.15) is 11.1 Å². The van der Waals surface area contributed by atoms with E-state index in [0.29, 0.717) is 5.56 Å². The van der Waals surface area contributed by atoms with Crippen LogP contribution in [0.5, 0.6) is 0 Å². The van der Waals surface area contributed by atoms with Crippen LogP contribution in [0.3, 0.4) is 0 Å². The van der Waals surface area contributed by atoms with E-state index in [9.17, 15) is 9.18 Å². The lowest BCUT2D eigenvalue weighted by Crippen LogP contribution is -2.24. The summed E-state index contributed by atoms with van der Waals surface area (Å²) in [6.45, 7) is 0.472. The van der Waals surface area contributed by atoms with Gasteiger partial charge in [0.1, 0.15) is 6.61 Å². The Hall–Kier alpha value is -2.04. The van der Waals surface area contributed by atoms with Gasteiger partial charge in [0.2, 0.25) is 0 Å². The standard InChI is InChI=1S/C17H14Cl2FNO2/c18-14-9-13(10-15(19)16(14)20)7-4-8-21-17(22)23-11-12-5-2-1-3-6-12/h1-7,9-10H,8,11H2,(H,21,22). The van der Waals surface area contributed by atoms with Gasteiger partial charge in [0, 0.05) is 6.54 Å². The third kappa shape index (κ3) is 5.58. The van der Waals surface area contributed by atoms with Gasteiger partial charge in [0.15, 0.2) is 5.82 Å². The maximum absolute atomic E-state index is 13.3. The second-order valence-corrected chi connectivity index (χ2v) is 5.46. The number of halogens is 3. The molecule has 0 spiro atoms. The third-order valence-corrected chi connectivity index (χ3v) is 3.44. The predicted octanol–water partition coefficient (Wildman–Crippen LogP) is 5.07. The average Bonchev–Trinajstić information content (AvgIpc) is 2.55. The number of hydrogen-bond donors (Lipinski definition) is 1. The van der Waals surface area contributed by atoms with Crippen molar-refractivity contribution in [2.75, 3.05) is 6.54 Å². The summed E-state index contributed by atoms with van der Waals surface area (Å²) in [4.78, 5) is 11.5. The van der Waals surface area contributed by atoms with Crippen molar-refractivity contribution in [2.24, 2.45) is 0 Å². The lowest BCUT2D eigenvalue weighted by Gasteiger charge is -2.05. The quantitative estimate of drug-likeness (QED) is 0.761. The first-order chi connectivity index (χ1) is 11.1. The minimum absolute atomic E-state index is 0.0487. The molecule has 6 heteroatoms. The van der Waals surface area contributed by atoms with Gasteiger partial charge in [0.25, 0.3) is 0 Å². The fourth-order valence-electron chi connectivity index (χ4n) is 1.78. The summed E-state index contributed by atoms with van der Waals surface area (Å²) in [5, 5.41) is 2.48. The van der Waals surface area contributed by atoms with Crippen LogP contribution in [-0.4, -0.2) is 12.6 Å². The first kappa shape index (κ1) is 17.3. The molecule has 2 aromatic rings. The molecule has 120 valence electrons. The minimum Gasteiger partial charge on any atom is -0.445 e. The molecule has 23 heavy (non-hydrogen) atoms. The van der Waals surface area contributed by atoms with Crippen LogP contribution in [0.25, 0.3) is 6.08 Å². The molecule has 0 saturated heterocycles. The number of carbonyl (C=O) groups excluding carboxylic acids is 1. The molecule has 2 aromatic carbocycles. The van der Waals surface area contributed by atoms with Crippen molar-refractivity contribution in [1.82, 2.24) is 5.32 Å². The predicted molar refractivity (Wildman–Crippen MR) is 90.1 cm³/mol. The summed E-state index contributed by atoms with van der Waals surface area (Å²) < 4.78 is 18.3. The Kier molecular flexibility index (Phi) is 6.44. The minimum atomic E-state index is -0.645. The molecule has 0 aromatic heterocycles. The molecule has 2 rings (SSSR count). The number of amides is 1. The van der Waals surface area contributed by atoms with E-state index < -0.39 is 11.9 Å². The topological polar surface area (TPSA) is 38.3 Å². The molecule has 3 nitrogen and oxygen atoms in total. The number of benzene rings is 2. The van der Waals surface area contributed by atoms with Crippen LogP contribution in [-0.2, 0) is 11.3 Å². The molecule has 0 aliphatic carbocycles. The molecule has 0 fully saturated rings. The molecule has 0 radical (unpaired) electrons. The van der Waals surface area contributed by atoms with Crippen molar-refractivity contribution >= 4 is 35.4 Å². The lowest BCUT2D eigenvalue weighted by molar-refractivity contribution is 0.141. The van der Waals surface area contributed by atoms with E-state index in [0.717, 1.165) is 5.56 Å². The monoisotopic (exact) mass is 353 g/mol. The fraction of sp³-hybridized carbons (Fsp3) is 0.118. The Morgan fingerprint density at radius 3 is 2.48 bits per heavy atom. The van der Waals surface area contributed by atoms with E-state index in [-0.39, 0.29) is 23.2 Å². The number of rotatable bonds is 5. The molecule has 0 aliphatic rings. The Balaban J connectivity index is 1.77. The van der Waals surface area contributed by atoms with Gasteiger partial charge >= 0.3 is 6.09 Å². The SMILES string of the molecule is O=C(NCC=Cc1cc(Cl)c(F)c(Cl)c1)OCc1ccccc1. The van der Waals surface area contributed by atoms with Crippen molar-refractivity contribution in [3.8, 4) is 0 Å². The Morgan fingerprint density at radius 1 is 1.17 bits per heavy atom. The molecule has 0 bridgehead atoms. The van der Waals surface area contributed by atoms with Crippen LogP contribution >= 0.6 is 23.2 Å². The zero-order valence-corrected chi connectivity index (χ0v) is 13.6. The maximum atomic E-state index is 13.3. The normalized spacial score (nSPS) is 10.7. The number of carbonyl (C=O) groups is 1. The Morgan fingerprint density at radius 2 is 1.83 bits per heavy atom. The zero-order valence-electron chi connectivity index (χ0n) is 12.1. The van der Waals surface area contributed by atoms with E-state index in [2.05, 4.69) is 5.32 Å². The highest BCUT2D eigenvalue weighted by Gasteiger charge is 2.06. The third-order valence-electron chi connectivity index (χ3n) is 2.89. The molecule has 0 heterocycles. The molecule has 1 amide bonds. The van der Waals surface area contributed by atoms with E-state index in [1.54, 1.807) is 12.2 Å². The largest absolute Gasteiger partial charge is 0.445 e. The molecular formula is C17H14Cl2FNO2. The summed E-state index contributed by atoms with van der Waals surface area (Å²) in [6.07, 6.45) is 2.84. The van der Waals surface area contributed by atoms with Gasteiger partial charge in [-0.25, -0.2) is 9.18 Å². The summed E-state index contributed by atoms with van der Waals surface area (Å²) >= 11 is 11.4. The van der Waals surface area contributed by atoms with Gasteiger partial charge < -0.3 is 10.1 Å². The number of alkyl carbamates (subject to hydrolysis) is 1. The van der Waals surface area contributed by atoms with Crippen LogP contribution in [0, 0.1) is 5.82 Å². The van der Waals surface area contributed by atoms with E-state index in [4.69, 9.17) is 27.9 Å². The summed E-state index contributed by atoms with van der Waals surface area (Å²) in [6, 6.07) is 12.3. The van der Waals surface area contributed by atoms with E-state index in [1.165, 1.54) is 12.1 Å². The molecule has 0 saturated carbocycles. The van der Waals surface area contributed by atoms with E-state index >= 15 is 0 Å². The van der Waals surface area contributed by atoms with Crippen LogP contribution in [0.15, 0.2) is 48.5 Å². The number of ether oxygens (including phenoxy) is 1. The van der Waals surface area contributed by atoms with Crippen LogP contribution < -0.4 is 5.32 Å². The van der Waals surface area contributed by atoms with Gasteiger partial charge in [-0.05, 0) is 23.3 Å². The summed E-state index contributed by atoms with van der Waals surface area (Å²) in [5.41, 5.74) is 1.55. The highest BCUT2D eigenvalue weighted by atomic mass is 35.5. The number of hydrogen-bond acceptors (Lipinski definition) is 2. The molecule has 0 atom stereocenters. The second-order valence-electron chi connectivity index (χ2n) is 4.64. The first-order valence-corrected chi connectivity index (χ1v) is 7.57. The summed E-state index contributed by atoms with van der Waals surface area (Å²) in [5.74, 6) is -0.645. The highest BCUT2D eigenvalue weighted by molar-refractivity contribution is 6.35. The second kappa shape index (κ2) is 8.56. The van der Waals surface area contributed by atoms with Gasteiger partial charge in [-0.15, -0.1) is 0 Å². The molecular weight excluding hydrogens is 340 g/mol. The lowest BCUT2D eigenvalue weighted by atomic mass is 10.2. The molecule has 0 aliphatic heterocycles. The van der Waals surface area contributed by atoms with Crippen molar-refractivity contribution in [3.05, 3.63) is 75.5 Å². The molecule has 0 unspecified atom stereocenters. The number of nitrogens with one attached hydrogen (secondary N) is 1. The Labute approximate surface area is 143 Å². The maximum Gasteiger partial charge on any atom is 0.407 e. The van der Waals surface area contributed by atoms with Crippen molar-refractivity contribution < 1.29 is 13.9 Å². The van der Waals surface area contributed by atoms with E-state index in [1.807, 2.05) is 30.3 Å². The Bertz CT molecular complexity index is 682. The highest BCUT2D eigenvalue weighted by Crippen LogP contribution is 2.25. The van der Waals surface area contributed by atoms with Gasteiger partial charge in [-0.1, -0.05) is 65.7 Å². The van der Waals surface area contributed by atoms with Crippen molar-refractivity contribution in [3.63, 3.8) is 0 Å². The van der Waals surface area contributed by atoms with Gasteiger partial charge in [-0.2, -0.15) is 0 Å². The van der Waals surface area contributed by atoms with Crippen LogP contribution in [0.2, 0.25) is 10.0 Å². The zero-order chi connectivity index (χ0) is 16.7. The smallest absolute Gasteiger partial charge is 0.407 e. The first-order valence-electron chi connectivity index (χ1n) is 6.82. The fourth-order valence-corrected chi connectivity index (χ4v) is 2.29. The van der Waals surface area contributed by atoms with Crippen LogP contribution in [0.4, 0.5) is 9.18 Å².